The van der Waals surface area contributed by atoms with Crippen molar-refractivity contribution in [2.45, 2.75) is 26.4 Å². The molecule has 0 saturated carbocycles. The number of rotatable bonds is 5. The number of aromatic hydroxyl groups is 2. The van der Waals surface area contributed by atoms with Gasteiger partial charge in [0.25, 0.3) is 5.91 Å². The van der Waals surface area contributed by atoms with E-state index in [2.05, 4.69) is 5.32 Å². The van der Waals surface area contributed by atoms with E-state index >= 15 is 0 Å². The van der Waals surface area contributed by atoms with E-state index in [4.69, 9.17) is 0 Å². The van der Waals surface area contributed by atoms with Gasteiger partial charge in [-0.1, -0.05) is 13.8 Å². The lowest BCUT2D eigenvalue weighted by molar-refractivity contribution is 0.0897. The number of benzene rings is 1. The molecule has 0 heterocycles. The molecule has 1 atom stereocenters. The van der Waals surface area contributed by atoms with Gasteiger partial charge in [-0.15, -0.1) is 0 Å². The normalized spacial score (nSPS) is 12.4. The van der Waals surface area contributed by atoms with Crippen LogP contribution in [0.3, 0.4) is 0 Å². The van der Waals surface area contributed by atoms with Crippen LogP contribution in [0.1, 0.15) is 30.6 Å². The first-order valence-electron chi connectivity index (χ1n) is 5.88. The van der Waals surface area contributed by atoms with Crippen molar-refractivity contribution in [2.75, 3.05) is 6.54 Å². The van der Waals surface area contributed by atoms with Crippen LogP contribution >= 0.6 is 0 Å². The standard InChI is InChI=1S/C13H19NO4/c1-8(2)5-10(16)7-14-13(18)11-6-9(15)3-4-12(11)17/h3-4,6,8,10,15-17H,5,7H2,1-2H3,(H,14,18). The first kappa shape index (κ1) is 14.3. The molecule has 0 spiro atoms. The number of aliphatic hydroxyl groups excluding tert-OH is 1. The Labute approximate surface area is 106 Å². The Kier molecular flexibility index (Phi) is 4.97. The summed E-state index contributed by atoms with van der Waals surface area (Å²) >= 11 is 0. The van der Waals surface area contributed by atoms with E-state index in [1.165, 1.54) is 18.2 Å². The fourth-order valence-electron chi connectivity index (χ4n) is 1.64. The quantitative estimate of drug-likeness (QED) is 0.594. The number of aliphatic hydroxyl groups is 1. The Morgan fingerprint density at radius 2 is 2.00 bits per heavy atom. The van der Waals surface area contributed by atoms with Crippen molar-refractivity contribution >= 4 is 5.91 Å². The van der Waals surface area contributed by atoms with Crippen molar-refractivity contribution in [1.82, 2.24) is 5.32 Å². The van der Waals surface area contributed by atoms with Crippen molar-refractivity contribution in [3.63, 3.8) is 0 Å². The summed E-state index contributed by atoms with van der Waals surface area (Å²) in [4.78, 5) is 11.7. The fourth-order valence-corrected chi connectivity index (χ4v) is 1.64. The number of hydrogen-bond acceptors (Lipinski definition) is 4. The maximum Gasteiger partial charge on any atom is 0.255 e. The summed E-state index contributed by atoms with van der Waals surface area (Å²) in [5, 5.41) is 30.8. The van der Waals surface area contributed by atoms with Crippen LogP contribution in [0, 0.1) is 5.92 Å². The summed E-state index contributed by atoms with van der Waals surface area (Å²) in [5.74, 6) is -0.485. The van der Waals surface area contributed by atoms with Crippen molar-refractivity contribution in [2.24, 2.45) is 5.92 Å². The molecule has 0 aliphatic carbocycles. The Hall–Kier alpha value is -1.75. The summed E-state index contributed by atoms with van der Waals surface area (Å²) in [7, 11) is 0. The zero-order chi connectivity index (χ0) is 13.7. The Morgan fingerprint density at radius 1 is 1.33 bits per heavy atom. The average Bonchev–Trinajstić information content (AvgIpc) is 2.28. The molecule has 0 aliphatic heterocycles. The second-order valence-corrected chi connectivity index (χ2v) is 4.69. The first-order chi connectivity index (χ1) is 8.40. The van der Waals surface area contributed by atoms with Crippen LogP contribution in [-0.2, 0) is 0 Å². The van der Waals surface area contributed by atoms with E-state index in [0.717, 1.165) is 0 Å². The zero-order valence-electron chi connectivity index (χ0n) is 10.6. The van der Waals surface area contributed by atoms with Crippen molar-refractivity contribution in [1.29, 1.82) is 0 Å². The van der Waals surface area contributed by atoms with Gasteiger partial charge in [-0.3, -0.25) is 4.79 Å². The minimum Gasteiger partial charge on any atom is -0.508 e. The molecule has 0 bridgehead atoms. The molecule has 0 aliphatic rings. The predicted octanol–water partition coefficient (Wildman–Crippen LogP) is 1.23. The summed E-state index contributed by atoms with van der Waals surface area (Å²) in [6.45, 7) is 4.07. The molecule has 0 aromatic heterocycles. The number of amides is 1. The molecule has 0 radical (unpaired) electrons. The van der Waals surface area contributed by atoms with Gasteiger partial charge in [0.2, 0.25) is 0 Å². The second kappa shape index (κ2) is 6.26. The Morgan fingerprint density at radius 3 is 2.61 bits per heavy atom. The van der Waals surface area contributed by atoms with E-state index in [0.29, 0.717) is 12.3 Å². The highest BCUT2D eigenvalue weighted by molar-refractivity contribution is 5.97. The maximum absolute atomic E-state index is 11.7. The van der Waals surface area contributed by atoms with Gasteiger partial charge in [0.1, 0.15) is 11.5 Å². The van der Waals surface area contributed by atoms with E-state index < -0.39 is 12.0 Å². The van der Waals surface area contributed by atoms with Crippen molar-refractivity contribution in [3.8, 4) is 11.5 Å². The monoisotopic (exact) mass is 253 g/mol. The van der Waals surface area contributed by atoms with Gasteiger partial charge < -0.3 is 20.6 Å². The molecule has 1 aromatic rings. The molecule has 0 saturated heterocycles. The van der Waals surface area contributed by atoms with Crippen LogP contribution < -0.4 is 5.32 Å². The molecule has 0 fully saturated rings. The average molecular weight is 253 g/mol. The van der Waals surface area contributed by atoms with Gasteiger partial charge in [-0.2, -0.15) is 0 Å². The van der Waals surface area contributed by atoms with Gasteiger partial charge in [0.05, 0.1) is 11.7 Å². The number of phenolic OH excluding ortho intramolecular Hbond substituents is 2. The van der Waals surface area contributed by atoms with Crippen LogP contribution in [0.4, 0.5) is 0 Å². The predicted molar refractivity (Wildman–Crippen MR) is 67.6 cm³/mol. The number of hydrogen-bond donors (Lipinski definition) is 4. The molecule has 1 rings (SSSR count). The van der Waals surface area contributed by atoms with Crippen LogP contribution in [0.25, 0.3) is 0 Å². The molecular formula is C13H19NO4. The zero-order valence-corrected chi connectivity index (χ0v) is 10.6. The van der Waals surface area contributed by atoms with Gasteiger partial charge in [-0.25, -0.2) is 0 Å². The third-order valence-electron chi connectivity index (χ3n) is 2.47. The highest BCUT2D eigenvalue weighted by Crippen LogP contribution is 2.21. The highest BCUT2D eigenvalue weighted by atomic mass is 16.3. The van der Waals surface area contributed by atoms with Gasteiger partial charge in [0, 0.05) is 6.54 Å². The topological polar surface area (TPSA) is 89.8 Å². The first-order valence-corrected chi connectivity index (χ1v) is 5.88. The third kappa shape index (κ3) is 4.25. The van der Waals surface area contributed by atoms with Gasteiger partial charge in [0.15, 0.2) is 0 Å². The summed E-state index contributed by atoms with van der Waals surface area (Å²) in [6.07, 6.45) is -0.0276. The van der Waals surface area contributed by atoms with Gasteiger partial charge >= 0.3 is 0 Å². The molecule has 4 N–H and O–H groups in total. The lowest BCUT2D eigenvalue weighted by Crippen LogP contribution is -2.32. The molecule has 1 unspecified atom stereocenters. The van der Waals surface area contributed by atoms with Crippen LogP contribution in [0.15, 0.2) is 18.2 Å². The SMILES string of the molecule is CC(C)CC(O)CNC(=O)c1cc(O)ccc1O. The second-order valence-electron chi connectivity index (χ2n) is 4.69. The molecule has 1 aromatic carbocycles. The minimum atomic E-state index is -0.617. The fraction of sp³-hybridized carbons (Fsp3) is 0.462. The summed E-state index contributed by atoms with van der Waals surface area (Å²) in [5.41, 5.74) is -0.00764. The number of carbonyl (C=O) groups is 1. The molecule has 5 nitrogen and oxygen atoms in total. The lowest BCUT2D eigenvalue weighted by Gasteiger charge is -2.14. The number of carbonyl (C=O) groups excluding carboxylic acids is 1. The van der Waals surface area contributed by atoms with Crippen LogP contribution in [0.2, 0.25) is 0 Å². The molecule has 100 valence electrons. The van der Waals surface area contributed by atoms with Crippen molar-refractivity contribution < 1.29 is 20.1 Å². The van der Waals surface area contributed by atoms with Crippen LogP contribution in [-0.4, -0.2) is 33.9 Å². The summed E-state index contributed by atoms with van der Waals surface area (Å²) < 4.78 is 0. The molecular weight excluding hydrogens is 234 g/mol. The van der Waals surface area contributed by atoms with Crippen LogP contribution in [0.5, 0.6) is 11.5 Å². The smallest absolute Gasteiger partial charge is 0.255 e. The highest BCUT2D eigenvalue weighted by Gasteiger charge is 2.14. The van der Waals surface area contributed by atoms with Crippen molar-refractivity contribution in [3.05, 3.63) is 23.8 Å². The van der Waals surface area contributed by atoms with E-state index in [-0.39, 0.29) is 23.6 Å². The van der Waals surface area contributed by atoms with E-state index in [1.54, 1.807) is 0 Å². The van der Waals surface area contributed by atoms with E-state index in [1.807, 2.05) is 13.8 Å². The van der Waals surface area contributed by atoms with Gasteiger partial charge in [-0.05, 0) is 30.5 Å². The molecule has 18 heavy (non-hydrogen) atoms. The minimum absolute atomic E-state index is 0.00764. The number of phenols is 2. The Bertz CT molecular complexity index is 417. The maximum atomic E-state index is 11.7. The van der Waals surface area contributed by atoms with E-state index in [9.17, 15) is 20.1 Å². The largest absolute Gasteiger partial charge is 0.508 e. The molecule has 5 heteroatoms. The third-order valence-corrected chi connectivity index (χ3v) is 2.47. The lowest BCUT2D eigenvalue weighted by atomic mass is 10.1. The summed E-state index contributed by atoms with van der Waals surface area (Å²) in [6, 6.07) is 3.72. The Balaban J connectivity index is 2.58. The number of nitrogens with one attached hydrogen (secondary N) is 1. The molecule has 1 amide bonds.